The molecule has 3 aromatic rings. The second-order valence-corrected chi connectivity index (χ2v) is 11.2. The van der Waals surface area contributed by atoms with Crippen molar-refractivity contribution < 1.29 is 17.2 Å². The fraction of sp³-hybridized carbons (Fsp3) is 0.286. The van der Waals surface area contributed by atoms with Gasteiger partial charge in [0.2, 0.25) is 0 Å². The maximum atomic E-state index is 14.0. The fourth-order valence-electron chi connectivity index (χ4n) is 3.72. The minimum absolute atomic E-state index is 0.273. The highest BCUT2D eigenvalue weighted by molar-refractivity contribution is 7.92. The van der Waals surface area contributed by atoms with Crippen molar-refractivity contribution in [3.63, 3.8) is 0 Å². The molecule has 1 aliphatic heterocycles. The summed E-state index contributed by atoms with van der Waals surface area (Å²) in [5, 5.41) is 3.03. The van der Waals surface area contributed by atoms with Gasteiger partial charge in [-0.2, -0.15) is 0 Å². The van der Waals surface area contributed by atoms with Crippen molar-refractivity contribution in [3.8, 4) is 0 Å². The molecule has 0 radical (unpaired) electrons. The van der Waals surface area contributed by atoms with Gasteiger partial charge in [0.15, 0.2) is 15.0 Å². The standard InChI is InChI=1S/C21H18Cl2F2N2O2S2/c22-14-8-13(9-15(23)11-14)10-16-12-30-21(26-16)27-6-4-17(5-7-27)31(28,29)20-18(24)2-1-3-19(20)25/h1-3,8-9,11-12,17H,4-7,10H2. The van der Waals surface area contributed by atoms with Gasteiger partial charge in [-0.15, -0.1) is 11.3 Å². The summed E-state index contributed by atoms with van der Waals surface area (Å²) in [5.74, 6) is -2.10. The van der Waals surface area contributed by atoms with Crippen LogP contribution in [0, 0.1) is 11.6 Å². The van der Waals surface area contributed by atoms with Crippen molar-refractivity contribution in [2.45, 2.75) is 29.4 Å². The van der Waals surface area contributed by atoms with Crippen LogP contribution in [0.4, 0.5) is 13.9 Å². The summed E-state index contributed by atoms with van der Waals surface area (Å²) < 4.78 is 53.6. The van der Waals surface area contributed by atoms with Crippen LogP contribution in [-0.4, -0.2) is 31.7 Å². The predicted molar refractivity (Wildman–Crippen MR) is 120 cm³/mol. The number of anilines is 1. The maximum absolute atomic E-state index is 14.0. The average Bonchev–Trinajstić information content (AvgIpc) is 3.15. The van der Waals surface area contributed by atoms with E-state index in [1.807, 2.05) is 22.4 Å². The lowest BCUT2D eigenvalue weighted by molar-refractivity contribution is 0.497. The van der Waals surface area contributed by atoms with Crippen molar-refractivity contribution >= 4 is 49.5 Å². The molecule has 0 saturated carbocycles. The van der Waals surface area contributed by atoms with Crippen LogP contribution >= 0.6 is 34.5 Å². The molecule has 1 aliphatic rings. The largest absolute Gasteiger partial charge is 0.348 e. The molecular formula is C21H18Cl2F2N2O2S2. The van der Waals surface area contributed by atoms with Gasteiger partial charge in [-0.25, -0.2) is 22.2 Å². The third-order valence-electron chi connectivity index (χ3n) is 5.20. The number of aromatic nitrogens is 1. The zero-order valence-corrected chi connectivity index (χ0v) is 19.3. The summed E-state index contributed by atoms with van der Waals surface area (Å²) >= 11 is 13.6. The molecule has 4 nitrogen and oxygen atoms in total. The molecule has 0 unspecified atom stereocenters. The van der Waals surface area contributed by atoms with Crippen LogP contribution in [-0.2, 0) is 16.3 Å². The van der Waals surface area contributed by atoms with Gasteiger partial charge < -0.3 is 4.90 Å². The number of piperidine rings is 1. The summed E-state index contributed by atoms with van der Waals surface area (Å²) in [6, 6.07) is 8.44. The number of nitrogens with zero attached hydrogens (tertiary/aromatic N) is 2. The number of benzene rings is 2. The van der Waals surface area contributed by atoms with E-state index >= 15 is 0 Å². The van der Waals surface area contributed by atoms with E-state index < -0.39 is 31.6 Å². The lowest BCUT2D eigenvalue weighted by Crippen LogP contribution is -2.39. The van der Waals surface area contributed by atoms with Gasteiger partial charge in [0, 0.05) is 34.9 Å². The van der Waals surface area contributed by atoms with Crippen molar-refractivity contribution in [2.24, 2.45) is 0 Å². The molecule has 2 heterocycles. The monoisotopic (exact) mass is 502 g/mol. The first-order chi connectivity index (χ1) is 14.7. The minimum atomic E-state index is -4.09. The summed E-state index contributed by atoms with van der Waals surface area (Å²) in [5.41, 5.74) is 1.81. The molecule has 1 fully saturated rings. The molecule has 1 saturated heterocycles. The van der Waals surface area contributed by atoms with Crippen molar-refractivity contribution in [1.82, 2.24) is 4.98 Å². The zero-order chi connectivity index (χ0) is 22.2. The Morgan fingerprint density at radius 3 is 2.29 bits per heavy atom. The Hall–Kier alpha value is -1.74. The van der Waals surface area contributed by atoms with Crippen molar-refractivity contribution in [3.05, 3.63) is 74.7 Å². The third kappa shape index (κ3) is 4.87. The molecule has 10 heteroatoms. The van der Waals surface area contributed by atoms with E-state index in [0.717, 1.165) is 34.6 Å². The van der Waals surface area contributed by atoms with E-state index in [1.165, 1.54) is 11.3 Å². The highest BCUT2D eigenvalue weighted by atomic mass is 35.5. The summed E-state index contributed by atoms with van der Waals surface area (Å²) in [6.45, 7) is 0.881. The molecule has 0 bridgehead atoms. The van der Waals surface area contributed by atoms with Crippen molar-refractivity contribution in [2.75, 3.05) is 18.0 Å². The Kier molecular flexibility index (Phi) is 6.53. The number of sulfone groups is 1. The smallest absolute Gasteiger partial charge is 0.187 e. The van der Waals surface area contributed by atoms with Crippen LogP contribution in [0.25, 0.3) is 0 Å². The Morgan fingerprint density at radius 1 is 1.06 bits per heavy atom. The first-order valence-electron chi connectivity index (χ1n) is 9.56. The SMILES string of the molecule is O=S(=O)(c1c(F)cccc1F)C1CCN(c2nc(Cc3cc(Cl)cc(Cl)c3)cs2)CC1. The van der Waals surface area contributed by atoms with Crippen LogP contribution in [0.5, 0.6) is 0 Å². The fourth-order valence-corrected chi connectivity index (χ4v) is 7.02. The van der Waals surface area contributed by atoms with E-state index in [1.54, 1.807) is 6.07 Å². The summed E-state index contributed by atoms with van der Waals surface area (Å²) in [7, 11) is -4.09. The molecule has 2 aromatic carbocycles. The van der Waals surface area contributed by atoms with E-state index in [9.17, 15) is 17.2 Å². The molecule has 1 aromatic heterocycles. The Labute approximate surface area is 193 Å². The van der Waals surface area contributed by atoms with Gasteiger partial charge in [0.1, 0.15) is 16.5 Å². The molecule has 0 amide bonds. The van der Waals surface area contributed by atoms with Gasteiger partial charge in [-0.05, 0) is 48.7 Å². The highest BCUT2D eigenvalue weighted by Gasteiger charge is 2.35. The molecule has 31 heavy (non-hydrogen) atoms. The molecular weight excluding hydrogens is 485 g/mol. The molecule has 0 aliphatic carbocycles. The molecule has 0 spiro atoms. The van der Waals surface area contributed by atoms with Crippen molar-refractivity contribution in [1.29, 1.82) is 0 Å². The normalized spacial score (nSPS) is 15.4. The number of thiazole rings is 1. The van der Waals surface area contributed by atoms with Crippen LogP contribution in [0.2, 0.25) is 10.0 Å². The lowest BCUT2D eigenvalue weighted by atomic mass is 10.1. The van der Waals surface area contributed by atoms with E-state index in [4.69, 9.17) is 23.2 Å². The Bertz CT molecular complexity index is 1170. The summed E-state index contributed by atoms with van der Waals surface area (Å²) in [6.07, 6.45) is 1.12. The maximum Gasteiger partial charge on any atom is 0.187 e. The number of halogens is 4. The molecule has 4 rings (SSSR count). The Balaban J connectivity index is 1.44. The van der Waals surface area contributed by atoms with Gasteiger partial charge in [0.25, 0.3) is 0 Å². The predicted octanol–water partition coefficient (Wildman–Crippen LogP) is 5.76. The van der Waals surface area contributed by atoms with Crippen LogP contribution in [0.15, 0.2) is 46.7 Å². The molecule has 164 valence electrons. The summed E-state index contributed by atoms with van der Waals surface area (Å²) in [4.78, 5) is 5.83. The van der Waals surface area contributed by atoms with Crippen LogP contribution < -0.4 is 4.90 Å². The third-order valence-corrected chi connectivity index (χ3v) is 8.90. The van der Waals surface area contributed by atoms with E-state index in [2.05, 4.69) is 4.98 Å². The Morgan fingerprint density at radius 2 is 1.68 bits per heavy atom. The number of hydrogen-bond acceptors (Lipinski definition) is 5. The number of hydrogen-bond donors (Lipinski definition) is 0. The average molecular weight is 503 g/mol. The van der Waals surface area contributed by atoms with Crippen LogP contribution in [0.1, 0.15) is 24.1 Å². The van der Waals surface area contributed by atoms with Gasteiger partial charge in [-0.3, -0.25) is 0 Å². The van der Waals surface area contributed by atoms with E-state index in [-0.39, 0.29) is 12.8 Å². The first kappa shape index (κ1) is 22.5. The van der Waals surface area contributed by atoms with Gasteiger partial charge in [-0.1, -0.05) is 29.3 Å². The second-order valence-electron chi connectivity index (χ2n) is 7.36. The number of rotatable bonds is 5. The van der Waals surface area contributed by atoms with Gasteiger partial charge in [0.05, 0.1) is 10.9 Å². The van der Waals surface area contributed by atoms with Crippen LogP contribution in [0.3, 0.4) is 0 Å². The quantitative estimate of drug-likeness (QED) is 0.444. The second kappa shape index (κ2) is 9.02. The first-order valence-corrected chi connectivity index (χ1v) is 12.7. The zero-order valence-electron chi connectivity index (χ0n) is 16.2. The van der Waals surface area contributed by atoms with E-state index in [0.29, 0.717) is 29.6 Å². The molecule has 0 atom stereocenters. The topological polar surface area (TPSA) is 50.3 Å². The van der Waals surface area contributed by atoms with Gasteiger partial charge >= 0.3 is 0 Å². The highest BCUT2D eigenvalue weighted by Crippen LogP contribution is 2.31. The lowest BCUT2D eigenvalue weighted by Gasteiger charge is -2.31. The minimum Gasteiger partial charge on any atom is -0.348 e. The molecule has 0 N–H and O–H groups in total.